The third-order valence-electron chi connectivity index (χ3n) is 2.87. The fourth-order valence-electron chi connectivity index (χ4n) is 1.91. The quantitative estimate of drug-likeness (QED) is 0.836. The Bertz CT molecular complexity index is 584. The van der Waals surface area contributed by atoms with E-state index in [1.54, 1.807) is 6.07 Å². The van der Waals surface area contributed by atoms with Crippen LogP contribution >= 0.6 is 0 Å². The van der Waals surface area contributed by atoms with E-state index in [4.69, 9.17) is 0 Å². The Balaban J connectivity index is 2.33. The summed E-state index contributed by atoms with van der Waals surface area (Å²) >= 11 is 0. The number of aromatic nitrogens is 1. The first kappa shape index (κ1) is 13.4. The standard InChI is InChI=1S/C15H15FN2O/c1-17-7-6-11-4-2-3-5-14(11)15(19)12-8-13(16)10-18-9-12/h2-5,8-10,17H,6-7H2,1H3. The predicted molar refractivity (Wildman–Crippen MR) is 71.7 cm³/mol. The van der Waals surface area contributed by atoms with Gasteiger partial charge < -0.3 is 5.32 Å². The van der Waals surface area contributed by atoms with Crippen molar-refractivity contribution in [3.05, 3.63) is 65.2 Å². The summed E-state index contributed by atoms with van der Waals surface area (Å²) in [5.74, 6) is -0.697. The number of rotatable bonds is 5. The Morgan fingerprint density at radius 2 is 2.11 bits per heavy atom. The van der Waals surface area contributed by atoms with E-state index >= 15 is 0 Å². The number of likely N-dealkylation sites (N-methyl/N-ethyl adjacent to an activating group) is 1. The second-order valence-corrected chi connectivity index (χ2v) is 4.23. The van der Waals surface area contributed by atoms with Gasteiger partial charge in [-0.15, -0.1) is 0 Å². The number of ketones is 1. The molecular formula is C15H15FN2O. The van der Waals surface area contributed by atoms with Gasteiger partial charge in [0.25, 0.3) is 0 Å². The first-order chi connectivity index (χ1) is 9.22. The Morgan fingerprint density at radius 3 is 2.84 bits per heavy atom. The number of nitrogens with zero attached hydrogens (tertiary/aromatic N) is 1. The van der Waals surface area contributed by atoms with Gasteiger partial charge in [-0.05, 0) is 31.6 Å². The molecule has 0 amide bonds. The predicted octanol–water partition coefficient (Wildman–Crippen LogP) is 2.21. The minimum absolute atomic E-state index is 0.196. The largest absolute Gasteiger partial charge is 0.319 e. The molecule has 98 valence electrons. The molecule has 1 aromatic carbocycles. The fourth-order valence-corrected chi connectivity index (χ4v) is 1.91. The number of hydrogen-bond donors (Lipinski definition) is 1. The maximum absolute atomic E-state index is 13.1. The lowest BCUT2D eigenvalue weighted by Crippen LogP contribution is -2.13. The molecule has 0 aliphatic heterocycles. The molecule has 0 unspecified atom stereocenters. The van der Waals surface area contributed by atoms with Crippen LogP contribution in [-0.2, 0) is 6.42 Å². The lowest BCUT2D eigenvalue weighted by Gasteiger charge is -2.08. The third kappa shape index (κ3) is 3.23. The SMILES string of the molecule is CNCCc1ccccc1C(=O)c1cncc(F)c1. The van der Waals surface area contributed by atoms with Crippen LogP contribution in [0.1, 0.15) is 21.5 Å². The molecule has 3 nitrogen and oxygen atoms in total. The number of halogens is 1. The van der Waals surface area contributed by atoms with Crippen molar-refractivity contribution in [3.63, 3.8) is 0 Å². The van der Waals surface area contributed by atoms with Crippen LogP contribution in [0.5, 0.6) is 0 Å². The van der Waals surface area contributed by atoms with Crippen molar-refractivity contribution in [3.8, 4) is 0 Å². The van der Waals surface area contributed by atoms with E-state index in [1.807, 2.05) is 25.2 Å². The van der Waals surface area contributed by atoms with Crippen molar-refractivity contribution in [2.24, 2.45) is 0 Å². The van der Waals surface area contributed by atoms with E-state index in [0.29, 0.717) is 5.56 Å². The Morgan fingerprint density at radius 1 is 1.32 bits per heavy atom. The number of carbonyl (C=O) groups excluding carboxylic acids is 1. The van der Waals surface area contributed by atoms with E-state index in [2.05, 4.69) is 10.3 Å². The zero-order valence-corrected chi connectivity index (χ0v) is 10.7. The minimum atomic E-state index is -0.501. The van der Waals surface area contributed by atoms with Crippen molar-refractivity contribution in [2.45, 2.75) is 6.42 Å². The van der Waals surface area contributed by atoms with E-state index in [0.717, 1.165) is 24.7 Å². The molecule has 0 aliphatic carbocycles. The van der Waals surface area contributed by atoms with Crippen LogP contribution in [0.4, 0.5) is 4.39 Å². The average molecular weight is 258 g/mol. The van der Waals surface area contributed by atoms with Crippen LogP contribution in [0, 0.1) is 5.82 Å². The van der Waals surface area contributed by atoms with Crippen LogP contribution in [-0.4, -0.2) is 24.4 Å². The number of benzene rings is 1. The summed E-state index contributed by atoms with van der Waals surface area (Å²) in [7, 11) is 1.86. The summed E-state index contributed by atoms with van der Waals surface area (Å²) in [6, 6.07) is 8.59. The van der Waals surface area contributed by atoms with Gasteiger partial charge in [-0.25, -0.2) is 4.39 Å². The highest BCUT2D eigenvalue weighted by atomic mass is 19.1. The Hall–Kier alpha value is -2.07. The second-order valence-electron chi connectivity index (χ2n) is 4.23. The normalized spacial score (nSPS) is 10.4. The molecule has 0 atom stereocenters. The Labute approximate surface area is 111 Å². The zero-order valence-electron chi connectivity index (χ0n) is 10.7. The van der Waals surface area contributed by atoms with Gasteiger partial charge >= 0.3 is 0 Å². The molecule has 0 spiro atoms. The van der Waals surface area contributed by atoms with Crippen LogP contribution in [0.2, 0.25) is 0 Å². The van der Waals surface area contributed by atoms with Gasteiger partial charge in [-0.1, -0.05) is 24.3 Å². The van der Waals surface area contributed by atoms with E-state index in [9.17, 15) is 9.18 Å². The third-order valence-corrected chi connectivity index (χ3v) is 2.87. The molecule has 2 aromatic rings. The van der Waals surface area contributed by atoms with Crippen molar-refractivity contribution < 1.29 is 9.18 Å². The van der Waals surface area contributed by atoms with Gasteiger partial charge in [0.15, 0.2) is 5.78 Å². The summed E-state index contributed by atoms with van der Waals surface area (Å²) < 4.78 is 13.1. The lowest BCUT2D eigenvalue weighted by molar-refractivity contribution is 0.103. The highest BCUT2D eigenvalue weighted by Gasteiger charge is 2.13. The van der Waals surface area contributed by atoms with E-state index in [1.165, 1.54) is 12.3 Å². The molecule has 0 saturated carbocycles. The van der Waals surface area contributed by atoms with Crippen molar-refractivity contribution >= 4 is 5.78 Å². The molecule has 0 bridgehead atoms. The first-order valence-corrected chi connectivity index (χ1v) is 6.10. The second kappa shape index (κ2) is 6.20. The summed E-state index contributed by atoms with van der Waals surface area (Å²) in [6.45, 7) is 0.783. The number of carbonyl (C=O) groups is 1. The van der Waals surface area contributed by atoms with Gasteiger partial charge in [0.2, 0.25) is 0 Å². The molecule has 0 fully saturated rings. The number of hydrogen-bond acceptors (Lipinski definition) is 3. The van der Waals surface area contributed by atoms with Gasteiger partial charge in [0, 0.05) is 17.3 Å². The first-order valence-electron chi connectivity index (χ1n) is 6.10. The summed E-state index contributed by atoms with van der Waals surface area (Å²) in [6.07, 6.45) is 3.23. The molecule has 0 saturated heterocycles. The molecular weight excluding hydrogens is 243 g/mol. The monoisotopic (exact) mass is 258 g/mol. The zero-order chi connectivity index (χ0) is 13.7. The molecule has 1 heterocycles. The van der Waals surface area contributed by atoms with Gasteiger partial charge in [-0.2, -0.15) is 0 Å². The van der Waals surface area contributed by atoms with Crippen molar-refractivity contribution in [1.29, 1.82) is 0 Å². The molecule has 19 heavy (non-hydrogen) atoms. The lowest BCUT2D eigenvalue weighted by atomic mass is 9.97. The minimum Gasteiger partial charge on any atom is -0.319 e. The van der Waals surface area contributed by atoms with Gasteiger partial charge in [0.05, 0.1) is 6.20 Å². The molecule has 1 N–H and O–H groups in total. The maximum Gasteiger partial charge on any atom is 0.194 e. The van der Waals surface area contributed by atoms with Gasteiger partial charge in [0.1, 0.15) is 5.82 Å². The van der Waals surface area contributed by atoms with Crippen LogP contribution in [0.25, 0.3) is 0 Å². The van der Waals surface area contributed by atoms with Crippen molar-refractivity contribution in [1.82, 2.24) is 10.3 Å². The number of pyridine rings is 1. The fraction of sp³-hybridized carbons (Fsp3) is 0.200. The molecule has 1 aromatic heterocycles. The summed E-state index contributed by atoms with van der Waals surface area (Å²) in [4.78, 5) is 16.1. The topological polar surface area (TPSA) is 42.0 Å². The van der Waals surface area contributed by atoms with E-state index < -0.39 is 5.82 Å². The van der Waals surface area contributed by atoms with Gasteiger partial charge in [-0.3, -0.25) is 9.78 Å². The number of nitrogens with one attached hydrogen (secondary N) is 1. The van der Waals surface area contributed by atoms with Crippen LogP contribution in [0.15, 0.2) is 42.7 Å². The molecule has 0 aliphatic rings. The van der Waals surface area contributed by atoms with Crippen LogP contribution in [0.3, 0.4) is 0 Å². The maximum atomic E-state index is 13.1. The molecule has 4 heteroatoms. The molecule has 0 radical (unpaired) electrons. The van der Waals surface area contributed by atoms with Crippen molar-refractivity contribution in [2.75, 3.05) is 13.6 Å². The Kier molecular flexibility index (Phi) is 4.36. The summed E-state index contributed by atoms with van der Waals surface area (Å²) in [5.41, 5.74) is 1.83. The highest BCUT2D eigenvalue weighted by Crippen LogP contribution is 2.15. The average Bonchev–Trinajstić information content (AvgIpc) is 2.44. The van der Waals surface area contributed by atoms with Crippen LogP contribution < -0.4 is 5.32 Å². The summed E-state index contributed by atoms with van der Waals surface area (Å²) in [5, 5.41) is 3.05. The molecule has 2 rings (SSSR count). The van der Waals surface area contributed by atoms with E-state index in [-0.39, 0.29) is 11.3 Å². The smallest absolute Gasteiger partial charge is 0.194 e. The highest BCUT2D eigenvalue weighted by molar-refractivity contribution is 6.09.